The van der Waals surface area contributed by atoms with Crippen LogP contribution in [0, 0.1) is 0 Å². The predicted octanol–water partition coefficient (Wildman–Crippen LogP) is 4.41. The number of aryl methyl sites for hydroxylation is 1. The first-order valence-electron chi connectivity index (χ1n) is 8.58. The zero-order valence-corrected chi connectivity index (χ0v) is 15.8. The van der Waals surface area contributed by atoms with Gasteiger partial charge in [-0.25, -0.2) is 0 Å². The highest BCUT2D eigenvalue weighted by molar-refractivity contribution is 5.76. The lowest BCUT2D eigenvalue weighted by Crippen LogP contribution is -2.26. The van der Waals surface area contributed by atoms with E-state index in [-0.39, 0.29) is 24.1 Å². The summed E-state index contributed by atoms with van der Waals surface area (Å²) in [5.74, 6) is 0.735. The van der Waals surface area contributed by atoms with Crippen LogP contribution in [0.2, 0.25) is 0 Å². The molecule has 5 nitrogen and oxygen atoms in total. The van der Waals surface area contributed by atoms with Crippen LogP contribution in [0.3, 0.4) is 0 Å². The fraction of sp³-hybridized carbons (Fsp3) is 0.350. The SMILES string of the molecule is COc1ccc(CCC(=O)NC(C)c2ccc(OC(F)(F)F)cc2)cc1OC. The molecule has 1 unspecified atom stereocenters. The number of hydrogen-bond acceptors (Lipinski definition) is 4. The van der Waals surface area contributed by atoms with E-state index in [1.165, 1.54) is 24.3 Å². The number of nitrogens with one attached hydrogen (secondary N) is 1. The molecule has 0 aliphatic rings. The summed E-state index contributed by atoms with van der Waals surface area (Å²) in [6, 6.07) is 10.5. The minimum atomic E-state index is -4.73. The van der Waals surface area contributed by atoms with Crippen LogP contribution in [0.15, 0.2) is 42.5 Å². The zero-order valence-electron chi connectivity index (χ0n) is 15.8. The molecule has 0 fully saturated rings. The first-order chi connectivity index (χ1) is 13.2. The van der Waals surface area contributed by atoms with Crippen LogP contribution >= 0.6 is 0 Å². The standard InChI is InChI=1S/C20H22F3NO4/c1-13(15-6-8-16(9-7-15)28-20(21,22)23)24-19(25)11-5-14-4-10-17(26-2)18(12-14)27-3/h4,6-10,12-13H,5,11H2,1-3H3,(H,24,25). The van der Waals surface area contributed by atoms with Crippen LogP contribution in [0.25, 0.3) is 0 Å². The number of halogens is 3. The minimum absolute atomic E-state index is 0.169. The Morgan fingerprint density at radius 2 is 1.68 bits per heavy atom. The highest BCUT2D eigenvalue weighted by Gasteiger charge is 2.31. The van der Waals surface area contributed by atoms with Gasteiger partial charge in [-0.05, 0) is 48.7 Å². The Balaban J connectivity index is 1.88. The van der Waals surface area contributed by atoms with Gasteiger partial charge in [0, 0.05) is 6.42 Å². The molecule has 1 atom stereocenters. The predicted molar refractivity (Wildman–Crippen MR) is 97.5 cm³/mol. The Morgan fingerprint density at radius 3 is 2.25 bits per heavy atom. The molecule has 28 heavy (non-hydrogen) atoms. The van der Waals surface area contributed by atoms with Crippen molar-refractivity contribution < 1.29 is 32.2 Å². The Bertz CT molecular complexity index is 791. The largest absolute Gasteiger partial charge is 0.573 e. The number of rotatable bonds is 8. The molecular formula is C20H22F3NO4. The molecule has 8 heteroatoms. The molecule has 152 valence electrons. The van der Waals surface area contributed by atoms with Crippen molar-refractivity contribution in [1.82, 2.24) is 5.32 Å². The maximum absolute atomic E-state index is 12.2. The molecule has 0 spiro atoms. The third-order valence-electron chi connectivity index (χ3n) is 4.08. The molecule has 2 rings (SSSR count). The normalized spacial score (nSPS) is 12.2. The number of carbonyl (C=O) groups excluding carboxylic acids is 1. The monoisotopic (exact) mass is 397 g/mol. The van der Waals surface area contributed by atoms with Crippen LogP contribution in [0.1, 0.15) is 30.5 Å². The molecule has 2 aromatic carbocycles. The van der Waals surface area contributed by atoms with E-state index in [1.54, 1.807) is 27.2 Å². The van der Waals surface area contributed by atoms with Crippen molar-refractivity contribution in [2.75, 3.05) is 14.2 Å². The summed E-state index contributed by atoms with van der Waals surface area (Å²) < 4.78 is 50.8. The van der Waals surface area contributed by atoms with Crippen molar-refractivity contribution in [3.63, 3.8) is 0 Å². The van der Waals surface area contributed by atoms with E-state index in [0.29, 0.717) is 23.5 Å². The first-order valence-corrected chi connectivity index (χ1v) is 8.58. The summed E-state index contributed by atoms with van der Waals surface area (Å²) in [5.41, 5.74) is 1.60. The second-order valence-corrected chi connectivity index (χ2v) is 6.10. The summed E-state index contributed by atoms with van der Waals surface area (Å²) in [6.07, 6.45) is -3.96. The number of methoxy groups -OCH3 is 2. The first kappa shape index (κ1) is 21.4. The van der Waals surface area contributed by atoms with Gasteiger partial charge >= 0.3 is 6.36 Å². The number of hydrogen-bond donors (Lipinski definition) is 1. The summed E-state index contributed by atoms with van der Waals surface area (Å²) in [6.45, 7) is 1.76. The molecule has 0 aromatic heterocycles. The van der Waals surface area contributed by atoms with E-state index in [2.05, 4.69) is 10.1 Å². The maximum atomic E-state index is 12.2. The van der Waals surface area contributed by atoms with Crippen molar-refractivity contribution in [2.45, 2.75) is 32.2 Å². The van der Waals surface area contributed by atoms with Crippen LogP contribution in [0.4, 0.5) is 13.2 Å². The molecule has 2 aromatic rings. The minimum Gasteiger partial charge on any atom is -0.493 e. The topological polar surface area (TPSA) is 56.8 Å². The molecule has 0 heterocycles. The van der Waals surface area contributed by atoms with Crippen LogP contribution < -0.4 is 19.5 Å². The van der Waals surface area contributed by atoms with Crippen molar-refractivity contribution >= 4 is 5.91 Å². The van der Waals surface area contributed by atoms with Gasteiger partial charge in [-0.1, -0.05) is 18.2 Å². The smallest absolute Gasteiger partial charge is 0.493 e. The fourth-order valence-corrected chi connectivity index (χ4v) is 2.65. The zero-order chi connectivity index (χ0) is 20.7. The summed E-state index contributed by atoms with van der Waals surface area (Å²) in [5, 5.41) is 2.83. The number of alkyl halides is 3. The van der Waals surface area contributed by atoms with Crippen molar-refractivity contribution in [1.29, 1.82) is 0 Å². The highest BCUT2D eigenvalue weighted by atomic mass is 19.4. The lowest BCUT2D eigenvalue weighted by atomic mass is 10.1. The van der Waals surface area contributed by atoms with Gasteiger partial charge in [0.25, 0.3) is 0 Å². The van der Waals surface area contributed by atoms with E-state index in [0.717, 1.165) is 5.56 Å². The number of amides is 1. The van der Waals surface area contributed by atoms with Gasteiger partial charge in [-0.3, -0.25) is 4.79 Å². The second kappa shape index (κ2) is 9.34. The molecule has 0 aliphatic heterocycles. The number of carbonyl (C=O) groups is 1. The summed E-state index contributed by atoms with van der Waals surface area (Å²) in [7, 11) is 3.09. The molecular weight excluding hydrogens is 375 g/mol. The second-order valence-electron chi connectivity index (χ2n) is 6.10. The lowest BCUT2D eigenvalue weighted by Gasteiger charge is -2.16. The maximum Gasteiger partial charge on any atom is 0.573 e. The Morgan fingerprint density at radius 1 is 1.04 bits per heavy atom. The summed E-state index contributed by atoms with van der Waals surface area (Å²) in [4.78, 5) is 12.2. The molecule has 1 amide bonds. The van der Waals surface area contributed by atoms with Gasteiger partial charge in [0.2, 0.25) is 5.91 Å². The van der Waals surface area contributed by atoms with Gasteiger partial charge < -0.3 is 19.5 Å². The van der Waals surface area contributed by atoms with E-state index in [9.17, 15) is 18.0 Å². The third-order valence-corrected chi connectivity index (χ3v) is 4.08. The third kappa shape index (κ3) is 6.37. The van der Waals surface area contributed by atoms with Gasteiger partial charge in [0.15, 0.2) is 11.5 Å². The van der Waals surface area contributed by atoms with Crippen LogP contribution in [-0.2, 0) is 11.2 Å². The van der Waals surface area contributed by atoms with Crippen molar-refractivity contribution in [3.8, 4) is 17.2 Å². The molecule has 0 aliphatic carbocycles. The van der Waals surface area contributed by atoms with Gasteiger partial charge in [-0.15, -0.1) is 13.2 Å². The molecule has 1 N–H and O–H groups in total. The summed E-state index contributed by atoms with van der Waals surface area (Å²) >= 11 is 0. The van der Waals surface area contributed by atoms with E-state index < -0.39 is 6.36 Å². The van der Waals surface area contributed by atoms with E-state index in [1.807, 2.05) is 12.1 Å². The van der Waals surface area contributed by atoms with Gasteiger partial charge in [0.1, 0.15) is 5.75 Å². The molecule has 0 saturated carbocycles. The van der Waals surface area contributed by atoms with E-state index in [4.69, 9.17) is 9.47 Å². The Labute approximate surface area is 161 Å². The molecule has 0 saturated heterocycles. The van der Waals surface area contributed by atoms with Crippen molar-refractivity contribution in [3.05, 3.63) is 53.6 Å². The highest BCUT2D eigenvalue weighted by Crippen LogP contribution is 2.28. The van der Waals surface area contributed by atoms with E-state index >= 15 is 0 Å². The van der Waals surface area contributed by atoms with Gasteiger partial charge in [-0.2, -0.15) is 0 Å². The quantitative estimate of drug-likeness (QED) is 0.717. The Hall–Kier alpha value is -2.90. The fourth-order valence-electron chi connectivity index (χ4n) is 2.65. The lowest BCUT2D eigenvalue weighted by molar-refractivity contribution is -0.274. The van der Waals surface area contributed by atoms with Crippen LogP contribution in [0.5, 0.6) is 17.2 Å². The Kier molecular flexibility index (Phi) is 7.14. The number of benzene rings is 2. The van der Waals surface area contributed by atoms with Crippen molar-refractivity contribution in [2.24, 2.45) is 0 Å². The number of ether oxygens (including phenoxy) is 3. The molecule has 0 radical (unpaired) electrons. The van der Waals surface area contributed by atoms with Gasteiger partial charge in [0.05, 0.1) is 20.3 Å². The van der Waals surface area contributed by atoms with Crippen LogP contribution in [-0.4, -0.2) is 26.5 Å². The molecule has 0 bridgehead atoms. The average Bonchev–Trinajstić information content (AvgIpc) is 2.65. The average molecular weight is 397 g/mol.